The van der Waals surface area contributed by atoms with E-state index in [-0.39, 0.29) is 11.6 Å². The van der Waals surface area contributed by atoms with Crippen molar-refractivity contribution in [2.45, 2.75) is 32.4 Å². The molecule has 0 radical (unpaired) electrons. The second-order valence-corrected chi connectivity index (χ2v) is 5.54. The summed E-state index contributed by atoms with van der Waals surface area (Å²) in [6.45, 7) is 7.59. The van der Waals surface area contributed by atoms with Gasteiger partial charge in [0.25, 0.3) is 5.56 Å². The molecule has 1 atom stereocenters. The van der Waals surface area contributed by atoms with Crippen LogP contribution in [-0.2, 0) is 6.54 Å². The summed E-state index contributed by atoms with van der Waals surface area (Å²) in [7, 11) is 0. The number of nitrogens with zero attached hydrogens (tertiary/aromatic N) is 4. The van der Waals surface area contributed by atoms with Crippen LogP contribution in [0.5, 0.6) is 0 Å². The number of piperazine rings is 1. The van der Waals surface area contributed by atoms with Gasteiger partial charge in [-0.05, 0) is 12.5 Å². The minimum absolute atomic E-state index is 0.0589. The van der Waals surface area contributed by atoms with E-state index in [1.807, 2.05) is 12.3 Å². The zero-order chi connectivity index (χ0) is 15.1. The van der Waals surface area contributed by atoms with E-state index in [1.54, 1.807) is 16.7 Å². The topological polar surface area (TPSA) is 52.3 Å². The highest BCUT2D eigenvalue weighted by Crippen LogP contribution is 2.10. The van der Waals surface area contributed by atoms with Crippen LogP contribution in [0.4, 0.5) is 0 Å². The summed E-state index contributed by atoms with van der Waals surface area (Å²) >= 11 is 0. The average Bonchev–Trinajstić information content (AvgIpc) is 2.52. The first-order valence-corrected chi connectivity index (χ1v) is 7.76. The lowest BCUT2D eigenvalue weighted by Gasteiger charge is -2.36. The van der Waals surface area contributed by atoms with Crippen molar-refractivity contribution < 1.29 is 0 Å². The van der Waals surface area contributed by atoms with E-state index in [9.17, 15) is 10.1 Å². The standard InChI is InChI=1S/C16H24N4O/c1-2-5-15(14-17)19-11-8-18(9-12-19)10-13-20-7-4-3-6-16(20)21/h3-4,6-7,15H,2,5,8-13H2,1H3. The van der Waals surface area contributed by atoms with Gasteiger partial charge in [-0.3, -0.25) is 14.6 Å². The number of pyridine rings is 1. The van der Waals surface area contributed by atoms with Crippen molar-refractivity contribution in [3.63, 3.8) is 0 Å². The quantitative estimate of drug-likeness (QED) is 0.788. The van der Waals surface area contributed by atoms with Crippen LogP contribution in [0, 0.1) is 11.3 Å². The van der Waals surface area contributed by atoms with Gasteiger partial charge in [-0.25, -0.2) is 0 Å². The van der Waals surface area contributed by atoms with E-state index in [4.69, 9.17) is 0 Å². The summed E-state index contributed by atoms with van der Waals surface area (Å²) < 4.78 is 1.75. The fourth-order valence-corrected chi connectivity index (χ4v) is 2.80. The SMILES string of the molecule is CCCC(C#N)N1CCN(CCn2ccccc2=O)CC1. The molecule has 0 aliphatic carbocycles. The molecule has 114 valence electrons. The minimum atomic E-state index is 0.0589. The molecule has 0 saturated carbocycles. The highest BCUT2D eigenvalue weighted by Gasteiger charge is 2.22. The summed E-state index contributed by atoms with van der Waals surface area (Å²) in [6.07, 6.45) is 3.84. The second kappa shape index (κ2) is 7.96. The van der Waals surface area contributed by atoms with Gasteiger partial charge >= 0.3 is 0 Å². The molecule has 0 aromatic carbocycles. The van der Waals surface area contributed by atoms with Crippen LogP contribution < -0.4 is 5.56 Å². The van der Waals surface area contributed by atoms with E-state index in [1.165, 1.54) is 0 Å². The van der Waals surface area contributed by atoms with Crippen molar-refractivity contribution in [1.82, 2.24) is 14.4 Å². The highest BCUT2D eigenvalue weighted by molar-refractivity contribution is 4.94. The summed E-state index contributed by atoms with van der Waals surface area (Å²) in [6, 6.07) is 7.74. The number of hydrogen-bond acceptors (Lipinski definition) is 4. The molecule has 0 amide bonds. The van der Waals surface area contributed by atoms with Crippen molar-refractivity contribution in [2.75, 3.05) is 32.7 Å². The summed E-state index contributed by atoms with van der Waals surface area (Å²) in [5.41, 5.74) is 0.0589. The lowest BCUT2D eigenvalue weighted by atomic mass is 10.1. The predicted octanol–water partition coefficient (Wildman–Crippen LogP) is 1.16. The Kier molecular flexibility index (Phi) is 5.97. The molecule has 5 nitrogen and oxygen atoms in total. The molecule has 1 unspecified atom stereocenters. The third-order valence-electron chi connectivity index (χ3n) is 4.11. The molecule has 1 saturated heterocycles. The Balaban J connectivity index is 1.78. The molecule has 2 rings (SSSR count). The molecule has 21 heavy (non-hydrogen) atoms. The Labute approximate surface area is 126 Å². The van der Waals surface area contributed by atoms with Crippen LogP contribution in [0.3, 0.4) is 0 Å². The zero-order valence-corrected chi connectivity index (χ0v) is 12.7. The van der Waals surface area contributed by atoms with Crippen LogP contribution >= 0.6 is 0 Å². The Bertz CT molecular complexity index is 526. The molecule has 2 heterocycles. The monoisotopic (exact) mass is 288 g/mol. The third-order valence-corrected chi connectivity index (χ3v) is 4.11. The molecule has 1 aliphatic rings. The van der Waals surface area contributed by atoms with E-state index in [2.05, 4.69) is 22.8 Å². The van der Waals surface area contributed by atoms with Gasteiger partial charge < -0.3 is 4.57 Å². The van der Waals surface area contributed by atoms with Gasteiger partial charge in [-0.15, -0.1) is 0 Å². The smallest absolute Gasteiger partial charge is 0.250 e. The predicted molar refractivity (Wildman–Crippen MR) is 83.0 cm³/mol. The molecular weight excluding hydrogens is 264 g/mol. The van der Waals surface area contributed by atoms with Gasteiger partial charge in [0.1, 0.15) is 0 Å². The third kappa shape index (κ3) is 4.42. The molecule has 1 aromatic rings. The van der Waals surface area contributed by atoms with Crippen molar-refractivity contribution in [3.8, 4) is 6.07 Å². The molecular formula is C16H24N4O. The molecule has 1 aliphatic heterocycles. The van der Waals surface area contributed by atoms with Gasteiger partial charge in [0.05, 0.1) is 12.1 Å². The summed E-state index contributed by atoms with van der Waals surface area (Å²) in [5, 5.41) is 9.21. The highest BCUT2D eigenvalue weighted by atomic mass is 16.1. The van der Waals surface area contributed by atoms with Crippen LogP contribution in [0.15, 0.2) is 29.2 Å². The Morgan fingerprint density at radius 1 is 1.24 bits per heavy atom. The van der Waals surface area contributed by atoms with E-state index in [0.29, 0.717) is 0 Å². The van der Waals surface area contributed by atoms with Crippen molar-refractivity contribution >= 4 is 0 Å². The lowest BCUT2D eigenvalue weighted by molar-refractivity contribution is 0.108. The van der Waals surface area contributed by atoms with Gasteiger partial charge in [-0.2, -0.15) is 5.26 Å². The Morgan fingerprint density at radius 2 is 2.00 bits per heavy atom. The maximum atomic E-state index is 11.6. The van der Waals surface area contributed by atoms with E-state index < -0.39 is 0 Å². The minimum Gasteiger partial charge on any atom is -0.314 e. The molecule has 1 fully saturated rings. The van der Waals surface area contributed by atoms with E-state index >= 15 is 0 Å². The first-order chi connectivity index (χ1) is 10.2. The van der Waals surface area contributed by atoms with Crippen molar-refractivity contribution in [3.05, 3.63) is 34.7 Å². The molecule has 0 bridgehead atoms. The van der Waals surface area contributed by atoms with Crippen molar-refractivity contribution in [2.24, 2.45) is 0 Å². The number of nitriles is 1. The fraction of sp³-hybridized carbons (Fsp3) is 0.625. The van der Waals surface area contributed by atoms with Gasteiger partial charge in [0, 0.05) is 51.5 Å². The lowest BCUT2D eigenvalue weighted by Crippen LogP contribution is -2.50. The van der Waals surface area contributed by atoms with Gasteiger partial charge in [0.2, 0.25) is 0 Å². The maximum Gasteiger partial charge on any atom is 0.250 e. The van der Waals surface area contributed by atoms with E-state index in [0.717, 1.165) is 52.1 Å². The fourth-order valence-electron chi connectivity index (χ4n) is 2.80. The number of hydrogen-bond donors (Lipinski definition) is 0. The average molecular weight is 288 g/mol. The number of rotatable bonds is 6. The van der Waals surface area contributed by atoms with Crippen LogP contribution in [0.2, 0.25) is 0 Å². The normalized spacial score (nSPS) is 18.3. The van der Waals surface area contributed by atoms with Crippen LogP contribution in [0.25, 0.3) is 0 Å². The molecule has 0 spiro atoms. The molecule has 1 aromatic heterocycles. The van der Waals surface area contributed by atoms with Crippen molar-refractivity contribution in [1.29, 1.82) is 5.26 Å². The first-order valence-electron chi connectivity index (χ1n) is 7.76. The van der Waals surface area contributed by atoms with Crippen LogP contribution in [0.1, 0.15) is 19.8 Å². The maximum absolute atomic E-state index is 11.6. The van der Waals surface area contributed by atoms with Crippen LogP contribution in [-0.4, -0.2) is 53.1 Å². The number of aromatic nitrogens is 1. The zero-order valence-electron chi connectivity index (χ0n) is 12.7. The largest absolute Gasteiger partial charge is 0.314 e. The Hall–Kier alpha value is -1.64. The van der Waals surface area contributed by atoms with Gasteiger partial charge in [-0.1, -0.05) is 19.4 Å². The second-order valence-electron chi connectivity index (χ2n) is 5.54. The summed E-state index contributed by atoms with van der Waals surface area (Å²) in [4.78, 5) is 16.3. The summed E-state index contributed by atoms with van der Waals surface area (Å²) in [5.74, 6) is 0. The molecule has 5 heteroatoms. The first kappa shape index (κ1) is 15.7. The Morgan fingerprint density at radius 3 is 2.62 bits per heavy atom. The van der Waals surface area contributed by atoms with Gasteiger partial charge in [0.15, 0.2) is 0 Å². The molecule has 0 N–H and O–H groups in total.